The average Bonchev–Trinajstić information content (AvgIpc) is 2.68. The Morgan fingerprint density at radius 2 is 1.19 bits per heavy atom. The largest absolute Gasteiger partial charge is 0.0689 e. The molecule has 1 fully saturated rings. The van der Waals surface area contributed by atoms with Crippen LogP contribution in [0.15, 0.2) is 60.7 Å². The summed E-state index contributed by atoms with van der Waals surface area (Å²) in [6, 6.07) is 23.8. The lowest BCUT2D eigenvalue weighted by Gasteiger charge is -2.48. The summed E-state index contributed by atoms with van der Waals surface area (Å²) in [5, 5.41) is 0.350. The van der Waals surface area contributed by atoms with E-state index in [0.717, 1.165) is 0 Å². The van der Waals surface area contributed by atoms with Crippen LogP contribution in [-0.2, 0) is 5.41 Å². The Balaban J connectivity index is 2.28. The third kappa shape index (κ3) is 1.94. The van der Waals surface area contributed by atoms with Crippen molar-refractivity contribution in [2.45, 2.75) is 49.9 Å². The summed E-state index contributed by atoms with van der Waals surface area (Å²) in [6.45, 7) is 10.2. The second kappa shape index (κ2) is 4.84. The van der Waals surface area contributed by atoms with E-state index in [-0.39, 0.29) is 5.41 Å². The molecule has 0 nitrogen and oxygen atoms in total. The molecule has 1 heterocycles. The molecule has 2 aromatic carbocycles. The SMILES string of the molecule is CC1(C)C(c2ccccc2)(c2ccccc2)CC[Si]1(C)C. The summed E-state index contributed by atoms with van der Waals surface area (Å²) < 4.78 is 0. The van der Waals surface area contributed by atoms with Gasteiger partial charge in [-0.25, -0.2) is 0 Å². The fraction of sp³-hybridized carbons (Fsp3) is 0.400. The van der Waals surface area contributed by atoms with Crippen LogP contribution in [0, 0.1) is 0 Å². The van der Waals surface area contributed by atoms with Crippen LogP contribution in [0.4, 0.5) is 0 Å². The Hall–Kier alpha value is -1.34. The second-order valence-electron chi connectivity index (χ2n) is 7.65. The highest BCUT2D eigenvalue weighted by atomic mass is 28.3. The molecule has 0 atom stereocenters. The van der Waals surface area contributed by atoms with Crippen molar-refractivity contribution in [3.8, 4) is 0 Å². The molecule has 0 spiro atoms. The summed E-state index contributed by atoms with van der Waals surface area (Å²) in [7, 11) is -1.27. The topological polar surface area (TPSA) is 0 Å². The number of rotatable bonds is 2. The monoisotopic (exact) mass is 294 g/mol. The maximum atomic E-state index is 2.57. The number of hydrogen-bond donors (Lipinski definition) is 0. The quantitative estimate of drug-likeness (QED) is 0.608. The van der Waals surface area contributed by atoms with Gasteiger partial charge in [0.05, 0.1) is 8.07 Å². The van der Waals surface area contributed by atoms with E-state index in [1.165, 1.54) is 23.6 Å². The molecule has 1 heteroatoms. The molecule has 0 aromatic heterocycles. The fourth-order valence-electron chi connectivity index (χ4n) is 4.33. The fourth-order valence-corrected chi connectivity index (χ4v) is 7.52. The molecule has 0 saturated carbocycles. The third-order valence-electron chi connectivity index (χ3n) is 6.42. The zero-order valence-electron chi connectivity index (χ0n) is 13.7. The van der Waals surface area contributed by atoms with Crippen LogP contribution in [0.1, 0.15) is 31.4 Å². The normalized spacial score (nSPS) is 22.1. The van der Waals surface area contributed by atoms with Gasteiger partial charge in [0.1, 0.15) is 0 Å². The average molecular weight is 295 g/mol. The van der Waals surface area contributed by atoms with Gasteiger partial charge in [-0.1, -0.05) is 93.6 Å². The predicted molar refractivity (Wildman–Crippen MR) is 94.6 cm³/mol. The van der Waals surface area contributed by atoms with Crippen molar-refractivity contribution in [3.63, 3.8) is 0 Å². The molecule has 110 valence electrons. The van der Waals surface area contributed by atoms with Gasteiger partial charge in [-0.05, 0) is 22.6 Å². The van der Waals surface area contributed by atoms with Crippen LogP contribution in [0.5, 0.6) is 0 Å². The van der Waals surface area contributed by atoms with Gasteiger partial charge in [0, 0.05) is 5.41 Å². The first-order valence-corrected chi connectivity index (χ1v) is 11.2. The Bertz CT molecular complexity index is 571. The van der Waals surface area contributed by atoms with Crippen molar-refractivity contribution in [2.75, 3.05) is 0 Å². The molecule has 2 aromatic rings. The number of benzene rings is 2. The summed E-state index contributed by atoms with van der Waals surface area (Å²) in [4.78, 5) is 0. The molecule has 0 N–H and O–H groups in total. The van der Waals surface area contributed by atoms with E-state index < -0.39 is 8.07 Å². The van der Waals surface area contributed by atoms with E-state index >= 15 is 0 Å². The summed E-state index contributed by atoms with van der Waals surface area (Å²) in [6.07, 6.45) is 1.28. The van der Waals surface area contributed by atoms with Crippen molar-refractivity contribution < 1.29 is 0 Å². The highest BCUT2D eigenvalue weighted by molar-refractivity contribution is 6.81. The second-order valence-corrected chi connectivity index (χ2v) is 13.2. The minimum absolute atomic E-state index is 0.172. The molecule has 1 aliphatic rings. The van der Waals surface area contributed by atoms with Crippen molar-refractivity contribution in [3.05, 3.63) is 71.8 Å². The van der Waals surface area contributed by atoms with Gasteiger partial charge in [-0.2, -0.15) is 0 Å². The van der Waals surface area contributed by atoms with Gasteiger partial charge >= 0.3 is 0 Å². The van der Waals surface area contributed by atoms with E-state index in [1.54, 1.807) is 0 Å². The van der Waals surface area contributed by atoms with Crippen LogP contribution in [0.2, 0.25) is 24.2 Å². The highest BCUT2D eigenvalue weighted by Crippen LogP contribution is 2.66. The summed E-state index contributed by atoms with van der Waals surface area (Å²) in [5.74, 6) is 0. The maximum Gasteiger partial charge on any atom is 0.0545 e. The van der Waals surface area contributed by atoms with Gasteiger partial charge in [-0.15, -0.1) is 0 Å². The van der Waals surface area contributed by atoms with Crippen LogP contribution in [0.3, 0.4) is 0 Å². The van der Waals surface area contributed by atoms with E-state index in [1.807, 2.05) is 0 Å². The molecule has 0 aliphatic carbocycles. The molecule has 21 heavy (non-hydrogen) atoms. The Kier molecular flexibility index (Phi) is 3.36. The summed E-state index contributed by atoms with van der Waals surface area (Å²) >= 11 is 0. The minimum atomic E-state index is -1.27. The molecule has 0 radical (unpaired) electrons. The molecule has 3 rings (SSSR count). The molecular formula is C20H26Si. The molecule has 1 saturated heterocycles. The van der Waals surface area contributed by atoms with Crippen LogP contribution >= 0.6 is 0 Å². The first-order valence-electron chi connectivity index (χ1n) is 8.03. The smallest absolute Gasteiger partial charge is 0.0545 e. The van der Waals surface area contributed by atoms with Crippen molar-refractivity contribution in [2.24, 2.45) is 0 Å². The van der Waals surface area contributed by atoms with Crippen molar-refractivity contribution in [1.29, 1.82) is 0 Å². The molecule has 0 unspecified atom stereocenters. The van der Waals surface area contributed by atoms with Crippen molar-refractivity contribution in [1.82, 2.24) is 0 Å². The molecular weight excluding hydrogens is 268 g/mol. The molecule has 1 aliphatic heterocycles. The van der Waals surface area contributed by atoms with Gasteiger partial charge in [0.15, 0.2) is 0 Å². The van der Waals surface area contributed by atoms with Gasteiger partial charge in [0.2, 0.25) is 0 Å². The maximum absolute atomic E-state index is 2.57. The zero-order chi connectivity index (χ0) is 15.1. The van der Waals surface area contributed by atoms with Crippen molar-refractivity contribution >= 4 is 8.07 Å². The predicted octanol–water partition coefficient (Wildman–Crippen LogP) is 5.87. The minimum Gasteiger partial charge on any atom is -0.0689 e. The standard InChI is InChI=1S/C20H26Si/c1-19(2)20(15-16-21(19,3)4,17-11-7-5-8-12-17)18-13-9-6-10-14-18/h5-14H,15-16H2,1-4H3. The van der Waals surface area contributed by atoms with E-state index in [0.29, 0.717) is 5.04 Å². The highest BCUT2D eigenvalue weighted by Gasteiger charge is 2.60. The molecule has 0 amide bonds. The summed E-state index contributed by atoms with van der Waals surface area (Å²) in [5.41, 5.74) is 3.17. The third-order valence-corrected chi connectivity index (χ3v) is 11.7. The first kappa shape index (κ1) is 14.6. The van der Waals surface area contributed by atoms with E-state index in [4.69, 9.17) is 0 Å². The first-order chi connectivity index (χ1) is 9.92. The Morgan fingerprint density at radius 3 is 1.52 bits per heavy atom. The van der Waals surface area contributed by atoms with Gasteiger partial charge in [0.25, 0.3) is 0 Å². The van der Waals surface area contributed by atoms with Crippen LogP contribution in [0.25, 0.3) is 0 Å². The lowest BCUT2D eigenvalue weighted by atomic mass is 9.65. The Labute approximate surface area is 130 Å². The number of hydrogen-bond acceptors (Lipinski definition) is 0. The zero-order valence-corrected chi connectivity index (χ0v) is 14.7. The van der Waals surface area contributed by atoms with Crippen LogP contribution < -0.4 is 0 Å². The van der Waals surface area contributed by atoms with E-state index in [9.17, 15) is 0 Å². The molecule has 0 bridgehead atoms. The Morgan fingerprint density at radius 1 is 0.762 bits per heavy atom. The van der Waals surface area contributed by atoms with E-state index in [2.05, 4.69) is 87.6 Å². The lowest BCUT2D eigenvalue weighted by molar-refractivity contribution is 0.398. The van der Waals surface area contributed by atoms with Gasteiger partial charge < -0.3 is 0 Å². The van der Waals surface area contributed by atoms with Gasteiger partial charge in [-0.3, -0.25) is 0 Å². The van der Waals surface area contributed by atoms with Crippen LogP contribution in [-0.4, -0.2) is 8.07 Å². The lowest BCUT2D eigenvalue weighted by Crippen LogP contribution is -2.45.